The van der Waals surface area contributed by atoms with E-state index in [-0.39, 0.29) is 6.61 Å². The van der Waals surface area contributed by atoms with Crippen LogP contribution in [-0.4, -0.2) is 75.2 Å². The zero-order chi connectivity index (χ0) is 22.7. The quantitative estimate of drug-likeness (QED) is 0.645. The normalized spacial score (nSPS) is 17.8. The Kier molecular flexibility index (Phi) is 6.93. The number of fused-ring (bicyclic) bond motifs is 1. The van der Waals surface area contributed by atoms with Crippen LogP contribution < -0.4 is 9.64 Å². The van der Waals surface area contributed by atoms with Crippen molar-refractivity contribution in [2.24, 2.45) is 0 Å². The fraction of sp³-hybridized carbons (Fsp3) is 0.625. The number of piperidine rings is 1. The number of anilines is 1. The third-order valence-corrected chi connectivity index (χ3v) is 6.07. The van der Waals surface area contributed by atoms with Crippen LogP contribution in [0.15, 0.2) is 18.3 Å². The number of aryl methyl sites for hydroxylation is 1. The summed E-state index contributed by atoms with van der Waals surface area (Å²) in [6.45, 7) is 6.00. The van der Waals surface area contributed by atoms with Gasteiger partial charge in [-0.1, -0.05) is 6.42 Å². The van der Waals surface area contributed by atoms with Gasteiger partial charge in [-0.3, -0.25) is 9.88 Å². The molecule has 0 bridgehead atoms. The first-order chi connectivity index (χ1) is 15.3. The molecule has 1 atom stereocenters. The molecular weight excluding hydrogens is 406 g/mol. The molecule has 2 aromatic heterocycles. The van der Waals surface area contributed by atoms with Crippen molar-refractivity contribution in [2.45, 2.75) is 64.2 Å². The summed E-state index contributed by atoms with van der Waals surface area (Å²) in [7, 11) is 1.99. The summed E-state index contributed by atoms with van der Waals surface area (Å²) in [4.78, 5) is 18.4. The topological polar surface area (TPSA) is 94.8 Å². The Morgan fingerprint density at radius 2 is 1.94 bits per heavy atom. The van der Waals surface area contributed by atoms with Gasteiger partial charge < -0.3 is 19.8 Å². The highest BCUT2D eigenvalue weighted by Gasteiger charge is 2.26. The summed E-state index contributed by atoms with van der Waals surface area (Å²) in [5.74, 6) is 2.06. The number of pyridine rings is 1. The van der Waals surface area contributed by atoms with Crippen LogP contribution in [-0.2, 0) is 12.8 Å². The van der Waals surface area contributed by atoms with Gasteiger partial charge in [-0.05, 0) is 52.0 Å². The Morgan fingerprint density at radius 1 is 1.16 bits per heavy atom. The number of nitrogens with zero attached hydrogens (tertiary/aromatic N) is 5. The lowest BCUT2D eigenvalue weighted by atomic mass is 10.1. The van der Waals surface area contributed by atoms with E-state index < -0.39 is 11.8 Å². The van der Waals surface area contributed by atoms with Crippen LogP contribution in [0.25, 0.3) is 11.5 Å². The van der Waals surface area contributed by atoms with E-state index in [4.69, 9.17) is 14.7 Å². The van der Waals surface area contributed by atoms with Crippen molar-refractivity contribution in [3.63, 3.8) is 0 Å². The van der Waals surface area contributed by atoms with E-state index in [0.717, 1.165) is 56.7 Å². The molecule has 1 fully saturated rings. The van der Waals surface area contributed by atoms with E-state index in [1.54, 1.807) is 26.1 Å². The Balaban J connectivity index is 1.57. The van der Waals surface area contributed by atoms with E-state index >= 15 is 0 Å². The molecule has 0 aromatic carbocycles. The predicted molar refractivity (Wildman–Crippen MR) is 124 cm³/mol. The van der Waals surface area contributed by atoms with Gasteiger partial charge in [0.15, 0.2) is 5.82 Å². The molecule has 0 amide bonds. The zero-order valence-electron chi connectivity index (χ0n) is 19.4. The van der Waals surface area contributed by atoms with E-state index in [2.05, 4.69) is 14.8 Å². The molecule has 174 valence electrons. The standard InChI is InChI=1S/C24H35N5O3/c1-24(2,31)16-32-17-10-11-25-20(14-17)22-26-19-9-7-8-18(19)23(27-22)28(3)15-21(30)29-12-5-4-6-13-29/h10-11,14,21,30-31H,4-9,12-13,15-16H2,1-3H3. The minimum absolute atomic E-state index is 0.184. The zero-order valence-corrected chi connectivity index (χ0v) is 19.4. The van der Waals surface area contributed by atoms with Crippen molar-refractivity contribution in [2.75, 3.05) is 38.2 Å². The van der Waals surface area contributed by atoms with Crippen molar-refractivity contribution in [3.8, 4) is 17.3 Å². The SMILES string of the molecule is CN(CC(O)N1CCCCC1)c1nc(-c2cc(OCC(C)(C)O)ccn2)nc2c1CCC2. The first-order valence-corrected chi connectivity index (χ1v) is 11.6. The molecule has 4 rings (SSSR count). The number of aliphatic hydroxyl groups is 2. The van der Waals surface area contributed by atoms with Crippen molar-refractivity contribution in [3.05, 3.63) is 29.6 Å². The molecule has 0 spiro atoms. The summed E-state index contributed by atoms with van der Waals surface area (Å²) < 4.78 is 5.73. The molecule has 8 heteroatoms. The largest absolute Gasteiger partial charge is 0.490 e. The van der Waals surface area contributed by atoms with Gasteiger partial charge >= 0.3 is 0 Å². The summed E-state index contributed by atoms with van der Waals surface area (Å²) in [6, 6.07) is 3.58. The molecule has 0 radical (unpaired) electrons. The van der Waals surface area contributed by atoms with E-state index in [0.29, 0.717) is 23.8 Å². The van der Waals surface area contributed by atoms with Crippen molar-refractivity contribution < 1.29 is 14.9 Å². The number of aromatic nitrogens is 3. The average molecular weight is 442 g/mol. The van der Waals surface area contributed by atoms with Gasteiger partial charge in [-0.15, -0.1) is 0 Å². The molecule has 1 aliphatic heterocycles. The minimum Gasteiger partial charge on any atom is -0.490 e. The number of likely N-dealkylation sites (N-methyl/N-ethyl adjacent to an activating group) is 1. The molecule has 8 nitrogen and oxygen atoms in total. The van der Waals surface area contributed by atoms with Crippen LogP contribution in [0, 0.1) is 0 Å². The smallest absolute Gasteiger partial charge is 0.180 e. The van der Waals surface area contributed by atoms with Crippen LogP contribution in [0.4, 0.5) is 5.82 Å². The number of rotatable bonds is 8. The van der Waals surface area contributed by atoms with Gasteiger partial charge in [0.05, 0.1) is 12.1 Å². The number of aliphatic hydroxyl groups excluding tert-OH is 1. The van der Waals surface area contributed by atoms with Gasteiger partial charge in [-0.2, -0.15) is 0 Å². The first kappa shape index (κ1) is 22.9. The van der Waals surface area contributed by atoms with E-state index in [9.17, 15) is 10.2 Å². The second-order valence-electron chi connectivity index (χ2n) is 9.59. The third-order valence-electron chi connectivity index (χ3n) is 6.07. The van der Waals surface area contributed by atoms with Crippen LogP contribution in [0.3, 0.4) is 0 Å². The fourth-order valence-electron chi connectivity index (χ4n) is 4.39. The van der Waals surface area contributed by atoms with Crippen LogP contribution >= 0.6 is 0 Å². The molecule has 2 N–H and O–H groups in total. The fourth-order valence-corrected chi connectivity index (χ4v) is 4.39. The number of hydrogen-bond acceptors (Lipinski definition) is 8. The lowest BCUT2D eigenvalue weighted by Crippen LogP contribution is -2.45. The maximum Gasteiger partial charge on any atom is 0.180 e. The number of ether oxygens (including phenoxy) is 1. The average Bonchev–Trinajstić information content (AvgIpc) is 3.26. The van der Waals surface area contributed by atoms with Crippen LogP contribution in [0.5, 0.6) is 5.75 Å². The Morgan fingerprint density at radius 3 is 2.69 bits per heavy atom. The van der Waals surface area contributed by atoms with Crippen LogP contribution in [0.1, 0.15) is 50.8 Å². The third kappa shape index (κ3) is 5.54. The maximum atomic E-state index is 10.8. The Labute approximate surface area is 190 Å². The molecule has 1 saturated heterocycles. The van der Waals surface area contributed by atoms with E-state index in [1.165, 1.54) is 12.0 Å². The summed E-state index contributed by atoms with van der Waals surface area (Å²) in [6.07, 6.45) is 7.64. The summed E-state index contributed by atoms with van der Waals surface area (Å²) in [5.41, 5.74) is 1.96. The van der Waals surface area contributed by atoms with Crippen molar-refractivity contribution in [1.82, 2.24) is 19.9 Å². The second-order valence-corrected chi connectivity index (χ2v) is 9.59. The highest BCUT2D eigenvalue weighted by Crippen LogP contribution is 2.31. The molecule has 1 unspecified atom stereocenters. The predicted octanol–water partition coefficient (Wildman–Crippen LogP) is 2.42. The molecular formula is C24H35N5O3. The monoisotopic (exact) mass is 441 g/mol. The minimum atomic E-state index is -0.918. The van der Waals surface area contributed by atoms with Crippen LogP contribution in [0.2, 0.25) is 0 Å². The molecule has 2 aromatic rings. The summed E-state index contributed by atoms with van der Waals surface area (Å²) >= 11 is 0. The van der Waals surface area contributed by atoms with Crippen molar-refractivity contribution in [1.29, 1.82) is 0 Å². The van der Waals surface area contributed by atoms with Gasteiger partial charge in [0, 0.05) is 43.7 Å². The molecule has 1 aliphatic carbocycles. The van der Waals surface area contributed by atoms with Gasteiger partial charge in [-0.25, -0.2) is 9.97 Å². The van der Waals surface area contributed by atoms with Gasteiger partial charge in [0.25, 0.3) is 0 Å². The number of hydrogen-bond donors (Lipinski definition) is 2. The maximum absolute atomic E-state index is 10.8. The Bertz CT molecular complexity index is 924. The second kappa shape index (κ2) is 9.68. The molecule has 2 aliphatic rings. The lowest BCUT2D eigenvalue weighted by molar-refractivity contribution is -0.00133. The molecule has 3 heterocycles. The molecule has 0 saturated carbocycles. The molecule has 32 heavy (non-hydrogen) atoms. The van der Waals surface area contributed by atoms with E-state index in [1.807, 2.05) is 13.1 Å². The number of likely N-dealkylation sites (tertiary alicyclic amines) is 1. The summed E-state index contributed by atoms with van der Waals surface area (Å²) in [5, 5.41) is 20.7. The lowest BCUT2D eigenvalue weighted by Gasteiger charge is -2.34. The highest BCUT2D eigenvalue weighted by atomic mass is 16.5. The van der Waals surface area contributed by atoms with Crippen molar-refractivity contribution >= 4 is 5.82 Å². The van der Waals surface area contributed by atoms with Gasteiger partial charge in [0.2, 0.25) is 0 Å². The first-order valence-electron chi connectivity index (χ1n) is 11.6. The Hall–Kier alpha value is -2.29. The van der Waals surface area contributed by atoms with Gasteiger partial charge in [0.1, 0.15) is 30.1 Å². The highest BCUT2D eigenvalue weighted by molar-refractivity contribution is 5.59.